The van der Waals surface area contributed by atoms with E-state index in [0.717, 1.165) is 43.4 Å². The molecule has 2 fully saturated rings. The summed E-state index contributed by atoms with van der Waals surface area (Å²) in [6.07, 6.45) is 16.0. The summed E-state index contributed by atoms with van der Waals surface area (Å²) in [5, 5.41) is 6.12. The molecular weight excluding hydrogens is 352 g/mol. The molecule has 2 aromatic heterocycles. The Morgan fingerprint density at radius 1 is 1.11 bits per heavy atom. The highest BCUT2D eigenvalue weighted by Gasteiger charge is 2.26. The van der Waals surface area contributed by atoms with Crippen molar-refractivity contribution in [2.45, 2.75) is 63.6 Å². The van der Waals surface area contributed by atoms with Crippen LogP contribution in [0.1, 0.15) is 50.5 Å². The van der Waals surface area contributed by atoms with E-state index in [4.69, 9.17) is 0 Å². The van der Waals surface area contributed by atoms with Crippen molar-refractivity contribution in [3.05, 3.63) is 42.6 Å². The second-order valence-corrected chi connectivity index (χ2v) is 7.92. The Morgan fingerprint density at radius 3 is 2.68 bits per heavy atom. The summed E-state index contributed by atoms with van der Waals surface area (Å²) in [4.78, 5) is 23.3. The molecule has 0 bridgehead atoms. The highest BCUT2D eigenvalue weighted by atomic mass is 16.2. The standard InChI is InChI=1S/C21H30N6O/c28-21(24-15-17-6-9-23-20(14-17)27-13-10-22-16-27)25-18-7-11-26(12-8-18)19-4-2-1-3-5-19/h6,9-10,13-14,16,18-19H,1-5,7-8,11-12,15H2,(H2,24,25,28). The molecule has 2 aliphatic rings. The smallest absolute Gasteiger partial charge is 0.315 e. The average molecular weight is 383 g/mol. The lowest BCUT2D eigenvalue weighted by molar-refractivity contribution is 0.117. The molecule has 1 aliphatic heterocycles. The number of urea groups is 1. The van der Waals surface area contributed by atoms with Crippen LogP contribution in [-0.4, -0.2) is 50.6 Å². The quantitative estimate of drug-likeness (QED) is 0.834. The first-order chi connectivity index (χ1) is 13.8. The molecule has 3 heterocycles. The van der Waals surface area contributed by atoms with Crippen molar-refractivity contribution in [3.63, 3.8) is 0 Å². The number of hydrogen-bond donors (Lipinski definition) is 2. The van der Waals surface area contributed by atoms with Crippen molar-refractivity contribution in [3.8, 4) is 5.82 Å². The minimum Gasteiger partial charge on any atom is -0.335 e. The molecule has 150 valence electrons. The van der Waals surface area contributed by atoms with E-state index in [0.29, 0.717) is 6.54 Å². The molecule has 2 aromatic rings. The van der Waals surface area contributed by atoms with Crippen molar-refractivity contribution in [1.29, 1.82) is 0 Å². The third-order valence-corrected chi connectivity index (χ3v) is 5.99. The fourth-order valence-electron chi connectivity index (χ4n) is 4.38. The number of likely N-dealkylation sites (tertiary alicyclic amines) is 1. The predicted octanol–water partition coefficient (Wildman–Crippen LogP) is 2.86. The van der Waals surface area contributed by atoms with Crippen LogP contribution >= 0.6 is 0 Å². The molecule has 0 aromatic carbocycles. The maximum absolute atomic E-state index is 12.3. The van der Waals surface area contributed by atoms with E-state index < -0.39 is 0 Å². The summed E-state index contributed by atoms with van der Waals surface area (Å²) in [7, 11) is 0. The molecular formula is C21H30N6O. The Bertz CT molecular complexity index is 748. The second kappa shape index (κ2) is 9.19. The second-order valence-electron chi connectivity index (χ2n) is 7.92. The van der Waals surface area contributed by atoms with E-state index in [1.54, 1.807) is 18.7 Å². The number of nitrogens with one attached hydrogen (secondary N) is 2. The van der Waals surface area contributed by atoms with Gasteiger partial charge < -0.3 is 15.5 Å². The fraction of sp³-hybridized carbons (Fsp3) is 0.571. The first kappa shape index (κ1) is 18.9. The van der Waals surface area contributed by atoms with Gasteiger partial charge in [0.25, 0.3) is 0 Å². The Balaban J connectivity index is 1.21. The molecule has 2 amide bonds. The molecule has 0 radical (unpaired) electrons. The Kier molecular flexibility index (Phi) is 6.21. The van der Waals surface area contributed by atoms with E-state index in [9.17, 15) is 4.79 Å². The lowest BCUT2D eigenvalue weighted by Crippen LogP contribution is -2.50. The average Bonchev–Trinajstić information content (AvgIpc) is 3.29. The van der Waals surface area contributed by atoms with Gasteiger partial charge in [0.1, 0.15) is 12.1 Å². The third-order valence-electron chi connectivity index (χ3n) is 5.99. The van der Waals surface area contributed by atoms with Crippen molar-refractivity contribution in [1.82, 2.24) is 30.1 Å². The summed E-state index contributed by atoms with van der Waals surface area (Å²) in [6, 6.07) is 4.85. The summed E-state index contributed by atoms with van der Waals surface area (Å²) in [5.41, 5.74) is 1.01. The molecule has 1 saturated carbocycles. The topological polar surface area (TPSA) is 75.1 Å². The Labute approximate surface area is 166 Å². The largest absolute Gasteiger partial charge is 0.335 e. The van der Waals surface area contributed by atoms with E-state index in [1.807, 2.05) is 22.9 Å². The van der Waals surface area contributed by atoms with Gasteiger partial charge in [-0.25, -0.2) is 14.8 Å². The molecule has 7 heteroatoms. The molecule has 1 aliphatic carbocycles. The lowest BCUT2D eigenvalue weighted by atomic mass is 9.92. The SMILES string of the molecule is O=C(NCc1ccnc(-n2ccnc2)c1)NC1CCN(C2CCCCC2)CC1. The van der Waals surface area contributed by atoms with Gasteiger partial charge in [0.2, 0.25) is 0 Å². The minimum atomic E-state index is -0.0860. The number of amides is 2. The number of piperidine rings is 1. The molecule has 7 nitrogen and oxygen atoms in total. The maximum atomic E-state index is 12.3. The van der Waals surface area contributed by atoms with Crippen molar-refractivity contribution in [2.75, 3.05) is 13.1 Å². The number of carbonyl (C=O) groups is 1. The molecule has 0 unspecified atom stereocenters. The molecule has 28 heavy (non-hydrogen) atoms. The third kappa shape index (κ3) is 4.90. The van der Waals surface area contributed by atoms with E-state index in [1.165, 1.54) is 32.1 Å². The monoisotopic (exact) mass is 382 g/mol. The van der Waals surface area contributed by atoms with Gasteiger partial charge in [-0.05, 0) is 43.4 Å². The zero-order chi connectivity index (χ0) is 19.2. The fourth-order valence-corrected chi connectivity index (χ4v) is 4.38. The van der Waals surface area contributed by atoms with Gasteiger partial charge in [0.05, 0.1) is 0 Å². The van der Waals surface area contributed by atoms with Crippen LogP contribution in [-0.2, 0) is 6.54 Å². The van der Waals surface area contributed by atoms with E-state index in [-0.39, 0.29) is 12.1 Å². The molecule has 0 atom stereocenters. The zero-order valence-electron chi connectivity index (χ0n) is 16.4. The zero-order valence-corrected chi connectivity index (χ0v) is 16.4. The van der Waals surface area contributed by atoms with E-state index >= 15 is 0 Å². The van der Waals surface area contributed by atoms with Crippen LogP contribution in [0.5, 0.6) is 0 Å². The van der Waals surface area contributed by atoms with Gasteiger partial charge in [-0.15, -0.1) is 0 Å². The van der Waals surface area contributed by atoms with Crippen LogP contribution in [0, 0.1) is 0 Å². The lowest BCUT2D eigenvalue weighted by Gasteiger charge is -2.39. The van der Waals surface area contributed by atoms with E-state index in [2.05, 4.69) is 25.5 Å². The maximum Gasteiger partial charge on any atom is 0.315 e. The number of rotatable bonds is 5. The summed E-state index contributed by atoms with van der Waals surface area (Å²) in [5.74, 6) is 0.798. The Hall–Kier alpha value is -2.41. The van der Waals surface area contributed by atoms with Crippen LogP contribution in [0.2, 0.25) is 0 Å². The molecule has 2 N–H and O–H groups in total. The normalized spacial score (nSPS) is 19.4. The van der Waals surface area contributed by atoms with Gasteiger partial charge in [0.15, 0.2) is 0 Å². The summed E-state index contributed by atoms with van der Waals surface area (Å²) >= 11 is 0. The van der Waals surface area contributed by atoms with Gasteiger partial charge in [-0.2, -0.15) is 0 Å². The van der Waals surface area contributed by atoms with Gasteiger partial charge in [-0.1, -0.05) is 19.3 Å². The summed E-state index contributed by atoms with van der Waals surface area (Å²) in [6.45, 7) is 2.69. The number of pyridine rings is 1. The van der Waals surface area contributed by atoms with Gasteiger partial charge in [-0.3, -0.25) is 4.57 Å². The molecule has 1 saturated heterocycles. The van der Waals surface area contributed by atoms with Crippen molar-refractivity contribution < 1.29 is 4.79 Å². The van der Waals surface area contributed by atoms with Crippen molar-refractivity contribution in [2.24, 2.45) is 0 Å². The Morgan fingerprint density at radius 2 is 1.93 bits per heavy atom. The first-order valence-corrected chi connectivity index (χ1v) is 10.5. The number of nitrogens with zero attached hydrogens (tertiary/aromatic N) is 4. The molecule has 4 rings (SSSR count). The summed E-state index contributed by atoms with van der Waals surface area (Å²) < 4.78 is 1.85. The number of hydrogen-bond acceptors (Lipinski definition) is 4. The van der Waals surface area contributed by atoms with Gasteiger partial charge >= 0.3 is 6.03 Å². The first-order valence-electron chi connectivity index (χ1n) is 10.5. The van der Waals surface area contributed by atoms with Crippen LogP contribution in [0.15, 0.2) is 37.1 Å². The van der Waals surface area contributed by atoms with Crippen molar-refractivity contribution >= 4 is 6.03 Å². The molecule has 0 spiro atoms. The van der Waals surface area contributed by atoms with Crippen LogP contribution in [0.3, 0.4) is 0 Å². The van der Waals surface area contributed by atoms with Crippen LogP contribution < -0.4 is 10.6 Å². The van der Waals surface area contributed by atoms with Crippen LogP contribution in [0.25, 0.3) is 5.82 Å². The minimum absolute atomic E-state index is 0.0860. The number of carbonyl (C=O) groups excluding carboxylic acids is 1. The number of imidazole rings is 1. The highest BCUT2D eigenvalue weighted by molar-refractivity contribution is 5.74. The van der Waals surface area contributed by atoms with Gasteiger partial charge in [0, 0.05) is 50.3 Å². The highest BCUT2D eigenvalue weighted by Crippen LogP contribution is 2.25. The van der Waals surface area contributed by atoms with Crippen LogP contribution in [0.4, 0.5) is 4.79 Å². The number of aromatic nitrogens is 3. The predicted molar refractivity (Wildman–Crippen MR) is 108 cm³/mol.